The summed E-state index contributed by atoms with van der Waals surface area (Å²) in [6.07, 6.45) is 0.521. The monoisotopic (exact) mass is 164 g/mol. The van der Waals surface area contributed by atoms with Gasteiger partial charge in [0.15, 0.2) is 0 Å². The summed E-state index contributed by atoms with van der Waals surface area (Å²) in [5.41, 5.74) is 0. The molecule has 0 heterocycles. The molecule has 3 nitrogen and oxygen atoms in total. The molecule has 0 aliphatic heterocycles. The van der Waals surface area contributed by atoms with Gasteiger partial charge in [-0.2, -0.15) is 0 Å². The van der Waals surface area contributed by atoms with Gasteiger partial charge in [0.2, 0.25) is 0 Å². The van der Waals surface area contributed by atoms with Gasteiger partial charge < -0.3 is 10.2 Å². The average molecular weight is 164 g/mol. The summed E-state index contributed by atoms with van der Waals surface area (Å²) in [6, 6.07) is 0. The van der Waals surface area contributed by atoms with Crippen molar-refractivity contribution in [2.75, 3.05) is 5.94 Å². The van der Waals surface area contributed by atoms with E-state index in [0.29, 0.717) is 6.42 Å². The summed E-state index contributed by atoms with van der Waals surface area (Å²) in [5.74, 6) is -1.01. The van der Waals surface area contributed by atoms with Crippen LogP contribution in [0.5, 0.6) is 0 Å². The minimum absolute atomic E-state index is 0.142. The standard InChI is InChI=1S/C6H12O3S/c1-3-6(2,5(8)9)10-4-7/h7H,3-4H2,1-2H3,(H,8,9). The molecule has 2 N–H and O–H groups in total. The summed E-state index contributed by atoms with van der Waals surface area (Å²) < 4.78 is -0.825. The highest BCUT2D eigenvalue weighted by Crippen LogP contribution is 2.27. The summed E-state index contributed by atoms with van der Waals surface area (Å²) in [7, 11) is 0. The van der Waals surface area contributed by atoms with Gasteiger partial charge in [0, 0.05) is 0 Å². The Bertz CT molecular complexity index is 126. The minimum Gasteiger partial charge on any atom is -0.480 e. The van der Waals surface area contributed by atoms with Gasteiger partial charge in [0.1, 0.15) is 4.75 Å². The number of carboxylic acid groups (broad SMARTS) is 1. The van der Waals surface area contributed by atoms with Crippen LogP contribution in [0.15, 0.2) is 0 Å². The van der Waals surface area contributed by atoms with Crippen molar-refractivity contribution in [1.29, 1.82) is 0 Å². The Morgan fingerprint density at radius 2 is 2.20 bits per heavy atom. The van der Waals surface area contributed by atoms with E-state index < -0.39 is 10.7 Å². The van der Waals surface area contributed by atoms with E-state index in [9.17, 15) is 4.79 Å². The van der Waals surface area contributed by atoms with Crippen LogP contribution >= 0.6 is 11.8 Å². The first-order chi connectivity index (χ1) is 4.56. The molecule has 0 aliphatic rings. The fourth-order valence-electron chi connectivity index (χ4n) is 0.457. The van der Waals surface area contributed by atoms with Gasteiger partial charge in [-0.3, -0.25) is 4.79 Å². The van der Waals surface area contributed by atoms with Crippen LogP contribution in [-0.2, 0) is 4.79 Å². The molecule has 0 aromatic heterocycles. The Kier molecular flexibility index (Phi) is 3.75. The second kappa shape index (κ2) is 3.83. The Morgan fingerprint density at radius 3 is 2.30 bits per heavy atom. The third-order valence-corrected chi connectivity index (χ3v) is 2.74. The van der Waals surface area contributed by atoms with Gasteiger partial charge in [0.05, 0.1) is 5.94 Å². The Balaban J connectivity index is 4.08. The van der Waals surface area contributed by atoms with Gasteiger partial charge in [-0.05, 0) is 13.3 Å². The van der Waals surface area contributed by atoms with Crippen LogP contribution in [0.4, 0.5) is 0 Å². The van der Waals surface area contributed by atoms with Crippen LogP contribution < -0.4 is 0 Å². The number of aliphatic carboxylic acids is 1. The molecule has 0 aromatic rings. The smallest absolute Gasteiger partial charge is 0.319 e. The lowest BCUT2D eigenvalue weighted by molar-refractivity contribution is -0.139. The molecule has 4 heteroatoms. The Hall–Kier alpha value is -0.220. The number of aliphatic hydroxyl groups excluding tert-OH is 1. The molecule has 60 valence electrons. The van der Waals surface area contributed by atoms with Gasteiger partial charge in [-0.15, -0.1) is 11.8 Å². The van der Waals surface area contributed by atoms with Crippen LogP contribution in [0.3, 0.4) is 0 Å². The largest absolute Gasteiger partial charge is 0.480 e. The van der Waals surface area contributed by atoms with E-state index in [4.69, 9.17) is 10.2 Å². The van der Waals surface area contributed by atoms with Crippen molar-refractivity contribution < 1.29 is 15.0 Å². The first-order valence-corrected chi connectivity index (χ1v) is 4.03. The number of hydrogen-bond acceptors (Lipinski definition) is 3. The third kappa shape index (κ3) is 2.19. The topological polar surface area (TPSA) is 57.5 Å². The van der Waals surface area contributed by atoms with Crippen LogP contribution in [0, 0.1) is 0 Å². The molecule has 0 fully saturated rings. The van der Waals surface area contributed by atoms with Crippen molar-refractivity contribution >= 4 is 17.7 Å². The minimum atomic E-state index is -0.867. The highest BCUT2D eigenvalue weighted by molar-refractivity contribution is 8.01. The normalized spacial score (nSPS) is 16.3. The van der Waals surface area contributed by atoms with Gasteiger partial charge in [0.25, 0.3) is 0 Å². The zero-order valence-corrected chi connectivity index (χ0v) is 6.94. The van der Waals surface area contributed by atoms with E-state index in [1.165, 1.54) is 0 Å². The first-order valence-electron chi connectivity index (χ1n) is 3.05. The first kappa shape index (κ1) is 9.78. The molecule has 10 heavy (non-hydrogen) atoms. The molecule has 0 saturated heterocycles. The van der Waals surface area contributed by atoms with Gasteiger partial charge in [-0.25, -0.2) is 0 Å². The molecule has 0 amide bonds. The van der Waals surface area contributed by atoms with Crippen LogP contribution in [0.1, 0.15) is 20.3 Å². The van der Waals surface area contributed by atoms with E-state index in [2.05, 4.69) is 0 Å². The maximum Gasteiger partial charge on any atom is 0.319 e. The maximum atomic E-state index is 10.5. The molecule has 0 bridgehead atoms. The number of carboxylic acids is 1. The second-order valence-corrected chi connectivity index (χ2v) is 3.61. The van der Waals surface area contributed by atoms with E-state index in [0.717, 1.165) is 11.8 Å². The SMILES string of the molecule is CCC(C)(SCO)C(=O)O. The quantitative estimate of drug-likeness (QED) is 0.607. The molecule has 0 aliphatic carbocycles. The molecule has 1 atom stereocenters. The van der Waals surface area contributed by atoms with Crippen molar-refractivity contribution in [2.24, 2.45) is 0 Å². The molecule has 0 radical (unpaired) electrons. The molecular formula is C6H12O3S. The highest BCUT2D eigenvalue weighted by atomic mass is 32.2. The predicted molar refractivity (Wildman–Crippen MR) is 41.0 cm³/mol. The number of thioether (sulfide) groups is 1. The third-order valence-electron chi connectivity index (χ3n) is 1.51. The predicted octanol–water partition coefficient (Wildman–Crippen LogP) is 0.923. The summed E-state index contributed by atoms with van der Waals surface area (Å²) in [6.45, 7) is 3.40. The summed E-state index contributed by atoms with van der Waals surface area (Å²) in [5, 5.41) is 17.1. The molecule has 0 rings (SSSR count). The fourth-order valence-corrected chi connectivity index (χ4v) is 1.07. The molecule has 0 aromatic carbocycles. The van der Waals surface area contributed by atoms with E-state index in [-0.39, 0.29) is 5.94 Å². The van der Waals surface area contributed by atoms with Crippen LogP contribution in [0.25, 0.3) is 0 Å². The van der Waals surface area contributed by atoms with Crippen LogP contribution in [-0.4, -0.2) is 26.9 Å². The number of carbonyl (C=O) groups is 1. The van der Waals surface area contributed by atoms with E-state index in [1.54, 1.807) is 13.8 Å². The molecule has 0 saturated carbocycles. The molecule has 1 unspecified atom stereocenters. The van der Waals surface area contributed by atoms with Crippen LogP contribution in [0.2, 0.25) is 0 Å². The average Bonchev–Trinajstić information content (AvgIpc) is 1.88. The van der Waals surface area contributed by atoms with Crippen molar-refractivity contribution in [3.8, 4) is 0 Å². The maximum absolute atomic E-state index is 10.5. The highest BCUT2D eigenvalue weighted by Gasteiger charge is 2.30. The van der Waals surface area contributed by atoms with Crippen molar-refractivity contribution in [3.63, 3.8) is 0 Å². The summed E-state index contributed by atoms with van der Waals surface area (Å²) in [4.78, 5) is 10.5. The van der Waals surface area contributed by atoms with Gasteiger partial charge in [-0.1, -0.05) is 6.92 Å². The number of hydrogen-bond donors (Lipinski definition) is 2. The molecular weight excluding hydrogens is 152 g/mol. The van der Waals surface area contributed by atoms with E-state index in [1.807, 2.05) is 0 Å². The summed E-state index contributed by atoms with van der Waals surface area (Å²) >= 11 is 1.04. The van der Waals surface area contributed by atoms with Crippen molar-refractivity contribution in [2.45, 2.75) is 25.0 Å². The van der Waals surface area contributed by atoms with Crippen molar-refractivity contribution in [1.82, 2.24) is 0 Å². The van der Waals surface area contributed by atoms with Crippen molar-refractivity contribution in [3.05, 3.63) is 0 Å². The zero-order chi connectivity index (χ0) is 8.20. The second-order valence-electron chi connectivity index (χ2n) is 2.16. The number of rotatable bonds is 4. The molecule has 0 spiro atoms. The number of aliphatic hydroxyl groups is 1. The Labute approximate surface area is 64.4 Å². The van der Waals surface area contributed by atoms with E-state index >= 15 is 0 Å². The lowest BCUT2D eigenvalue weighted by Gasteiger charge is -2.20. The lowest BCUT2D eigenvalue weighted by atomic mass is 10.1. The Morgan fingerprint density at radius 1 is 1.70 bits per heavy atom. The lowest BCUT2D eigenvalue weighted by Crippen LogP contribution is -2.30. The fraction of sp³-hybridized carbons (Fsp3) is 0.833. The van der Waals surface area contributed by atoms with Gasteiger partial charge >= 0.3 is 5.97 Å². The zero-order valence-electron chi connectivity index (χ0n) is 6.13.